The number of likely N-dealkylation sites (tertiary alicyclic amines) is 1. The van der Waals surface area contributed by atoms with Crippen LogP contribution < -0.4 is 5.32 Å². The van der Waals surface area contributed by atoms with E-state index in [0.29, 0.717) is 5.92 Å². The van der Waals surface area contributed by atoms with Gasteiger partial charge in [-0.05, 0) is 31.6 Å². The third-order valence-corrected chi connectivity index (χ3v) is 4.46. The molecule has 1 heterocycles. The maximum atomic E-state index is 12.4. The number of piperidine rings is 1. The van der Waals surface area contributed by atoms with Gasteiger partial charge in [0.15, 0.2) is 6.10 Å². The van der Waals surface area contributed by atoms with Crippen molar-refractivity contribution in [2.75, 3.05) is 13.1 Å². The lowest BCUT2D eigenvalue weighted by Gasteiger charge is -2.35. The van der Waals surface area contributed by atoms with Crippen LogP contribution >= 0.6 is 0 Å². The van der Waals surface area contributed by atoms with Crippen molar-refractivity contribution in [3.63, 3.8) is 0 Å². The monoisotopic (exact) mass is 310 g/mol. The maximum absolute atomic E-state index is 12.4. The molecule has 0 bridgehead atoms. The number of hydrogen-bond donors (Lipinski definition) is 2. The first-order valence-electron chi connectivity index (χ1n) is 7.47. The van der Waals surface area contributed by atoms with Crippen LogP contribution in [0.5, 0.6) is 0 Å². The summed E-state index contributed by atoms with van der Waals surface area (Å²) in [7, 11) is 0. The van der Waals surface area contributed by atoms with Crippen molar-refractivity contribution in [1.29, 1.82) is 0 Å². The molecule has 0 aromatic heterocycles. The molecule has 7 heteroatoms. The first-order valence-corrected chi connectivity index (χ1v) is 7.47. The second-order valence-electron chi connectivity index (χ2n) is 5.93. The molecule has 0 spiro atoms. The van der Waals surface area contributed by atoms with E-state index in [1.54, 1.807) is 0 Å². The van der Waals surface area contributed by atoms with Crippen LogP contribution in [0, 0.1) is 11.8 Å². The predicted molar refractivity (Wildman–Crippen MR) is 73.8 cm³/mol. The number of hydrogen-bond acceptors (Lipinski definition) is 2. The number of carbonyl (C=O) groups is 1. The summed E-state index contributed by atoms with van der Waals surface area (Å²) in [4.78, 5) is 13.6. The number of carbonyl (C=O) groups excluding carboxylic acids is 1. The van der Waals surface area contributed by atoms with E-state index in [9.17, 15) is 23.1 Å². The van der Waals surface area contributed by atoms with Gasteiger partial charge < -0.3 is 15.3 Å². The zero-order chi connectivity index (χ0) is 16.2. The molecule has 1 rings (SSSR count). The van der Waals surface area contributed by atoms with Crippen LogP contribution in [0.2, 0.25) is 0 Å². The molecule has 0 radical (unpaired) electrons. The average Bonchev–Trinajstić information content (AvgIpc) is 2.44. The van der Waals surface area contributed by atoms with Crippen molar-refractivity contribution in [2.24, 2.45) is 11.8 Å². The Morgan fingerprint density at radius 1 is 1.33 bits per heavy atom. The molecule has 0 aliphatic carbocycles. The molecular weight excluding hydrogens is 285 g/mol. The van der Waals surface area contributed by atoms with Gasteiger partial charge in [0.25, 0.3) is 0 Å². The van der Waals surface area contributed by atoms with E-state index in [1.165, 1.54) is 4.90 Å². The second-order valence-corrected chi connectivity index (χ2v) is 5.93. The van der Waals surface area contributed by atoms with Gasteiger partial charge in [-0.2, -0.15) is 13.2 Å². The van der Waals surface area contributed by atoms with Crippen LogP contribution in [0.4, 0.5) is 18.0 Å². The predicted octanol–water partition coefficient (Wildman–Crippen LogP) is 2.77. The molecule has 0 aromatic rings. The first-order chi connectivity index (χ1) is 9.66. The van der Waals surface area contributed by atoms with Crippen LogP contribution in [0.15, 0.2) is 0 Å². The minimum atomic E-state index is -4.58. The number of nitrogens with zero attached hydrogens (tertiary/aromatic N) is 1. The Bertz CT molecular complexity index is 342. The molecule has 1 aliphatic heterocycles. The molecule has 2 amide bonds. The third-order valence-electron chi connectivity index (χ3n) is 4.46. The van der Waals surface area contributed by atoms with Crippen LogP contribution in [-0.4, -0.2) is 47.4 Å². The summed E-state index contributed by atoms with van der Waals surface area (Å²) in [5.74, 6) is -0.473. The van der Waals surface area contributed by atoms with E-state index in [4.69, 9.17) is 0 Å². The van der Waals surface area contributed by atoms with E-state index in [0.717, 1.165) is 6.42 Å². The number of urea groups is 1. The fourth-order valence-electron chi connectivity index (χ4n) is 2.47. The van der Waals surface area contributed by atoms with Gasteiger partial charge in [-0.15, -0.1) is 0 Å². The number of rotatable bonds is 4. The van der Waals surface area contributed by atoms with Gasteiger partial charge in [0.2, 0.25) is 0 Å². The van der Waals surface area contributed by atoms with E-state index < -0.39 is 18.2 Å². The molecule has 0 aromatic carbocycles. The molecule has 1 aliphatic rings. The maximum Gasteiger partial charge on any atom is 0.414 e. The summed E-state index contributed by atoms with van der Waals surface area (Å²) in [6.07, 6.45) is -5.58. The van der Waals surface area contributed by atoms with Gasteiger partial charge in [-0.3, -0.25) is 0 Å². The fourth-order valence-corrected chi connectivity index (χ4v) is 2.47. The molecule has 1 saturated heterocycles. The number of nitrogens with one attached hydrogen (secondary N) is 1. The number of alkyl halides is 3. The highest BCUT2D eigenvalue weighted by molar-refractivity contribution is 5.74. The van der Waals surface area contributed by atoms with Gasteiger partial charge in [0, 0.05) is 19.1 Å². The summed E-state index contributed by atoms with van der Waals surface area (Å²) in [6.45, 7) is 6.49. The normalized spacial score (nSPS) is 21.8. The first kappa shape index (κ1) is 18.1. The van der Waals surface area contributed by atoms with Crippen LogP contribution in [-0.2, 0) is 0 Å². The highest BCUT2D eigenvalue weighted by atomic mass is 19.4. The lowest BCUT2D eigenvalue weighted by Crippen LogP contribution is -2.50. The molecule has 0 saturated carbocycles. The fraction of sp³-hybridized carbons (Fsp3) is 0.929. The largest absolute Gasteiger partial charge is 0.414 e. The Morgan fingerprint density at radius 3 is 2.29 bits per heavy atom. The van der Waals surface area contributed by atoms with E-state index in [2.05, 4.69) is 5.32 Å². The molecule has 4 nitrogen and oxygen atoms in total. The number of halogens is 3. The number of aliphatic hydroxyl groups excluding tert-OH is 1. The Hall–Kier alpha value is -0.980. The zero-order valence-corrected chi connectivity index (χ0v) is 12.8. The summed E-state index contributed by atoms with van der Waals surface area (Å²) >= 11 is 0. The SMILES string of the molecule is CCC(C)C(C)NC(=O)N1CCC(C(O)C(F)(F)F)CC1. The van der Waals surface area contributed by atoms with Crippen molar-refractivity contribution in [3.05, 3.63) is 0 Å². The quantitative estimate of drug-likeness (QED) is 0.839. The minimum Gasteiger partial charge on any atom is -0.383 e. The number of aliphatic hydroxyl groups is 1. The Morgan fingerprint density at radius 2 is 1.86 bits per heavy atom. The minimum absolute atomic E-state index is 0.0287. The van der Waals surface area contributed by atoms with Crippen LogP contribution in [0.25, 0.3) is 0 Å². The Balaban J connectivity index is 2.44. The molecule has 2 N–H and O–H groups in total. The highest BCUT2D eigenvalue weighted by Crippen LogP contribution is 2.31. The topological polar surface area (TPSA) is 52.6 Å². The van der Waals surface area contributed by atoms with Crippen molar-refractivity contribution in [3.8, 4) is 0 Å². The van der Waals surface area contributed by atoms with Crippen molar-refractivity contribution < 1.29 is 23.1 Å². The lowest BCUT2D eigenvalue weighted by molar-refractivity contribution is -0.222. The van der Waals surface area contributed by atoms with E-state index >= 15 is 0 Å². The Labute approximate surface area is 123 Å². The molecule has 3 unspecified atom stereocenters. The highest BCUT2D eigenvalue weighted by Gasteiger charge is 2.44. The van der Waals surface area contributed by atoms with Crippen LogP contribution in [0.3, 0.4) is 0 Å². The average molecular weight is 310 g/mol. The van der Waals surface area contributed by atoms with Gasteiger partial charge >= 0.3 is 12.2 Å². The zero-order valence-electron chi connectivity index (χ0n) is 12.8. The summed E-state index contributed by atoms with van der Waals surface area (Å²) in [5.41, 5.74) is 0. The standard InChI is InChI=1S/C14H25F3N2O2/c1-4-9(2)10(3)18-13(21)19-7-5-11(6-8-19)12(20)14(15,16)17/h9-12,20H,4-8H2,1-3H3,(H,18,21). The van der Waals surface area contributed by atoms with E-state index in [-0.39, 0.29) is 38.0 Å². The Kier molecular flexibility index (Phi) is 6.31. The van der Waals surface area contributed by atoms with E-state index in [1.807, 2.05) is 20.8 Å². The van der Waals surface area contributed by atoms with Crippen molar-refractivity contribution >= 4 is 6.03 Å². The third kappa shape index (κ3) is 5.05. The molecule has 1 fully saturated rings. The second kappa shape index (κ2) is 7.33. The van der Waals surface area contributed by atoms with Gasteiger partial charge in [-0.25, -0.2) is 4.79 Å². The van der Waals surface area contributed by atoms with Crippen molar-refractivity contribution in [1.82, 2.24) is 10.2 Å². The summed E-state index contributed by atoms with van der Waals surface area (Å²) in [6, 6.07) is -0.205. The van der Waals surface area contributed by atoms with Gasteiger partial charge in [0.1, 0.15) is 0 Å². The number of amides is 2. The smallest absolute Gasteiger partial charge is 0.383 e. The summed E-state index contributed by atoms with van der Waals surface area (Å²) in [5, 5.41) is 12.1. The lowest BCUT2D eigenvalue weighted by atomic mass is 9.91. The van der Waals surface area contributed by atoms with Crippen LogP contribution in [0.1, 0.15) is 40.0 Å². The summed E-state index contributed by atoms with van der Waals surface area (Å²) < 4.78 is 37.3. The molecule has 124 valence electrons. The molecular formula is C14H25F3N2O2. The van der Waals surface area contributed by atoms with Gasteiger partial charge in [0.05, 0.1) is 0 Å². The van der Waals surface area contributed by atoms with Gasteiger partial charge in [-0.1, -0.05) is 20.3 Å². The molecule has 3 atom stereocenters. The molecule has 21 heavy (non-hydrogen) atoms. The van der Waals surface area contributed by atoms with Crippen molar-refractivity contribution in [2.45, 2.75) is 58.4 Å².